The minimum Gasteiger partial charge on any atom is -0.460 e. The zero-order chi connectivity index (χ0) is 20.2. The van der Waals surface area contributed by atoms with Crippen molar-refractivity contribution in [1.82, 2.24) is 0 Å². The van der Waals surface area contributed by atoms with Crippen LogP contribution in [0.3, 0.4) is 0 Å². The number of nitrogens with zero attached hydrogens (tertiary/aromatic N) is 2. The molecular formula is C25H23ClN2O. The molecule has 0 unspecified atom stereocenters. The zero-order valence-electron chi connectivity index (χ0n) is 16.7. The predicted octanol–water partition coefficient (Wildman–Crippen LogP) is 7.25. The van der Waals surface area contributed by atoms with Gasteiger partial charge in [-0.3, -0.25) is 0 Å². The molecule has 0 saturated carbocycles. The van der Waals surface area contributed by atoms with Crippen molar-refractivity contribution in [2.24, 2.45) is 9.98 Å². The highest BCUT2D eigenvalue weighted by molar-refractivity contribution is 6.65. The number of furan rings is 1. The summed E-state index contributed by atoms with van der Waals surface area (Å²) in [6, 6.07) is 16.2. The first kappa shape index (κ1) is 19.4. The van der Waals surface area contributed by atoms with Crippen molar-refractivity contribution >= 4 is 45.3 Å². The van der Waals surface area contributed by atoms with E-state index in [1.165, 1.54) is 0 Å². The molecule has 2 aromatic carbocycles. The third-order valence-electron chi connectivity index (χ3n) is 4.85. The van der Waals surface area contributed by atoms with Crippen molar-refractivity contribution in [1.29, 1.82) is 0 Å². The number of allylic oxidation sites excluding steroid dienone is 2. The number of para-hydroxylation sites is 1. The molecule has 1 aliphatic carbocycles. The predicted molar refractivity (Wildman–Crippen MR) is 124 cm³/mol. The molecule has 0 N–H and O–H groups in total. The van der Waals surface area contributed by atoms with Gasteiger partial charge in [0.15, 0.2) is 5.84 Å². The number of halogens is 1. The van der Waals surface area contributed by atoms with E-state index in [4.69, 9.17) is 21.0 Å². The van der Waals surface area contributed by atoms with E-state index >= 15 is 0 Å². The Morgan fingerprint density at radius 1 is 1.10 bits per heavy atom. The maximum atomic E-state index is 6.27. The average molecular weight is 403 g/mol. The molecule has 0 bridgehead atoms. The lowest BCUT2D eigenvalue weighted by Gasteiger charge is -2.07. The molecule has 1 aromatic heterocycles. The van der Waals surface area contributed by atoms with Crippen molar-refractivity contribution in [3.05, 3.63) is 83.1 Å². The van der Waals surface area contributed by atoms with Crippen LogP contribution in [0, 0.1) is 0 Å². The molecular weight excluding hydrogens is 380 g/mol. The molecule has 146 valence electrons. The average Bonchev–Trinajstić information content (AvgIpc) is 3.12. The van der Waals surface area contributed by atoms with Crippen molar-refractivity contribution in [3.8, 4) is 0 Å². The van der Waals surface area contributed by atoms with Crippen LogP contribution in [0.2, 0.25) is 0 Å². The molecule has 0 radical (unpaired) electrons. The number of fused-ring (bicyclic) bond motifs is 3. The van der Waals surface area contributed by atoms with E-state index in [2.05, 4.69) is 48.3 Å². The van der Waals surface area contributed by atoms with Gasteiger partial charge in [-0.05, 0) is 31.4 Å². The minimum absolute atomic E-state index is 0.431. The topological polar surface area (TPSA) is 37.9 Å². The summed E-state index contributed by atoms with van der Waals surface area (Å²) in [5.74, 6) is 1.58. The van der Waals surface area contributed by atoms with Gasteiger partial charge in [-0.15, -0.1) is 0 Å². The lowest BCUT2D eigenvalue weighted by Crippen LogP contribution is -2.01. The summed E-state index contributed by atoms with van der Waals surface area (Å²) >= 11 is 6.19. The fraction of sp³-hybridized carbons (Fsp3) is 0.200. The van der Waals surface area contributed by atoms with Gasteiger partial charge in [0, 0.05) is 17.4 Å². The van der Waals surface area contributed by atoms with E-state index in [1.807, 2.05) is 30.3 Å². The van der Waals surface area contributed by atoms with Gasteiger partial charge in [-0.2, -0.15) is 0 Å². The summed E-state index contributed by atoms with van der Waals surface area (Å²) in [6.07, 6.45) is 9.22. The quantitative estimate of drug-likeness (QED) is 0.334. The Bertz CT molecular complexity index is 1150. The fourth-order valence-corrected chi connectivity index (χ4v) is 3.66. The second-order valence-electron chi connectivity index (χ2n) is 6.97. The van der Waals surface area contributed by atoms with Crippen molar-refractivity contribution < 1.29 is 4.42 Å². The first-order chi connectivity index (χ1) is 14.2. The number of amidine groups is 1. The number of aryl methyl sites for hydroxylation is 1. The Morgan fingerprint density at radius 2 is 1.93 bits per heavy atom. The minimum atomic E-state index is 0.431. The highest BCUT2D eigenvalue weighted by atomic mass is 35.5. The Morgan fingerprint density at radius 3 is 2.69 bits per heavy atom. The van der Waals surface area contributed by atoms with Crippen LogP contribution in [0.25, 0.3) is 22.7 Å². The van der Waals surface area contributed by atoms with Crippen LogP contribution >= 0.6 is 11.6 Å². The van der Waals surface area contributed by atoms with Crippen molar-refractivity contribution in [2.45, 2.75) is 33.1 Å². The molecule has 3 nitrogen and oxygen atoms in total. The molecule has 1 aliphatic rings. The number of rotatable bonds is 4. The molecule has 0 aliphatic heterocycles. The highest BCUT2D eigenvalue weighted by Crippen LogP contribution is 2.33. The van der Waals surface area contributed by atoms with Gasteiger partial charge >= 0.3 is 0 Å². The summed E-state index contributed by atoms with van der Waals surface area (Å²) in [7, 11) is 0. The van der Waals surface area contributed by atoms with Gasteiger partial charge in [0.25, 0.3) is 0 Å². The maximum Gasteiger partial charge on any atom is 0.164 e. The Kier molecular flexibility index (Phi) is 5.77. The molecule has 0 spiro atoms. The van der Waals surface area contributed by atoms with Crippen LogP contribution < -0.4 is 0 Å². The SMILES string of the molecule is CC/C=C(/N=C(N=C(C)Cl)c1cccc2c3c(oc12)CCC=C3)c1ccccc1. The van der Waals surface area contributed by atoms with Gasteiger partial charge in [0.2, 0.25) is 0 Å². The van der Waals surface area contributed by atoms with Crippen LogP contribution in [-0.2, 0) is 6.42 Å². The smallest absolute Gasteiger partial charge is 0.164 e. The summed E-state index contributed by atoms with van der Waals surface area (Å²) in [5.41, 5.74) is 4.74. The molecule has 4 heteroatoms. The molecule has 1 heterocycles. The Balaban J connectivity index is 1.92. The highest BCUT2D eigenvalue weighted by Gasteiger charge is 2.19. The third-order valence-corrected chi connectivity index (χ3v) is 4.93. The summed E-state index contributed by atoms with van der Waals surface area (Å²) < 4.78 is 6.27. The van der Waals surface area contributed by atoms with E-state index in [9.17, 15) is 0 Å². The van der Waals surface area contributed by atoms with E-state index in [-0.39, 0.29) is 0 Å². The number of hydrogen-bond donors (Lipinski definition) is 0. The Labute approximate surface area is 176 Å². The van der Waals surface area contributed by atoms with Crippen LogP contribution in [0.4, 0.5) is 0 Å². The molecule has 0 amide bonds. The second-order valence-corrected chi connectivity index (χ2v) is 7.52. The summed E-state index contributed by atoms with van der Waals surface area (Å²) in [4.78, 5) is 9.49. The molecule has 3 aromatic rings. The fourth-order valence-electron chi connectivity index (χ4n) is 3.58. The number of benzene rings is 2. The van der Waals surface area contributed by atoms with E-state index in [0.29, 0.717) is 11.0 Å². The second kappa shape index (κ2) is 8.62. The van der Waals surface area contributed by atoms with Crippen LogP contribution in [0.1, 0.15) is 49.1 Å². The van der Waals surface area contributed by atoms with E-state index < -0.39 is 0 Å². The molecule has 0 atom stereocenters. The largest absolute Gasteiger partial charge is 0.460 e. The van der Waals surface area contributed by atoms with Gasteiger partial charge < -0.3 is 4.42 Å². The maximum absolute atomic E-state index is 6.27. The Hall–Kier alpha value is -2.91. The normalized spacial score (nSPS) is 15.1. The van der Waals surface area contributed by atoms with E-state index in [1.54, 1.807) is 6.92 Å². The summed E-state index contributed by atoms with van der Waals surface area (Å²) in [5, 5.41) is 1.52. The van der Waals surface area contributed by atoms with Gasteiger partial charge in [0.1, 0.15) is 16.5 Å². The molecule has 29 heavy (non-hydrogen) atoms. The number of aliphatic imine (C=N–C) groups is 2. The first-order valence-electron chi connectivity index (χ1n) is 9.93. The van der Waals surface area contributed by atoms with Gasteiger partial charge in [0.05, 0.1) is 11.3 Å². The van der Waals surface area contributed by atoms with Crippen LogP contribution in [0.5, 0.6) is 0 Å². The first-order valence-corrected chi connectivity index (χ1v) is 10.3. The lowest BCUT2D eigenvalue weighted by atomic mass is 10.0. The van der Waals surface area contributed by atoms with E-state index in [0.717, 1.165) is 58.4 Å². The zero-order valence-corrected chi connectivity index (χ0v) is 17.4. The van der Waals surface area contributed by atoms with Crippen LogP contribution in [0.15, 0.2) is 75.1 Å². The van der Waals surface area contributed by atoms with Crippen molar-refractivity contribution in [3.63, 3.8) is 0 Å². The molecule has 0 fully saturated rings. The molecule has 4 rings (SSSR count). The van der Waals surface area contributed by atoms with Crippen LogP contribution in [-0.4, -0.2) is 11.0 Å². The van der Waals surface area contributed by atoms with Gasteiger partial charge in [-0.25, -0.2) is 9.98 Å². The van der Waals surface area contributed by atoms with Crippen molar-refractivity contribution in [2.75, 3.05) is 0 Å². The standard InChI is InChI=1S/C25H23ClN2O/c1-3-10-22(18-11-5-4-6-12-18)28-25(27-17(2)26)21-15-9-14-20-19-13-7-8-16-23(19)29-24(20)21/h4-7,9-15H,3,8,16H2,1-2H3/b22-10+,27-17?,28-25?. The molecule has 0 saturated heterocycles. The third kappa shape index (κ3) is 4.10. The lowest BCUT2D eigenvalue weighted by molar-refractivity contribution is 0.546. The monoisotopic (exact) mass is 402 g/mol. The number of hydrogen-bond acceptors (Lipinski definition) is 2. The summed E-state index contributed by atoms with van der Waals surface area (Å²) in [6.45, 7) is 3.86. The van der Waals surface area contributed by atoms with Gasteiger partial charge in [-0.1, -0.05) is 79.2 Å².